The van der Waals surface area contributed by atoms with Crippen molar-refractivity contribution >= 4 is 22.9 Å². The molecule has 2 rings (SSSR count). The Balaban J connectivity index is 2.39. The lowest BCUT2D eigenvalue weighted by Crippen LogP contribution is -2.28. The second kappa shape index (κ2) is 7.06. The van der Waals surface area contributed by atoms with Gasteiger partial charge in [-0.05, 0) is 26.0 Å². The first kappa shape index (κ1) is 16.0. The number of nitrogens with one attached hydrogen (secondary N) is 1. The molecule has 1 aromatic heterocycles. The molecule has 0 aliphatic heterocycles. The SMILES string of the molecule is CCOC(=O)Cn1c(C(C)NC(=O)CC)nc2ccccc21. The van der Waals surface area contributed by atoms with Crippen LogP contribution < -0.4 is 5.32 Å². The number of nitrogens with zero attached hydrogens (tertiary/aromatic N) is 2. The number of fused-ring (bicyclic) bond motifs is 1. The van der Waals surface area contributed by atoms with Crippen molar-refractivity contribution in [2.75, 3.05) is 6.61 Å². The minimum atomic E-state index is -0.319. The fraction of sp³-hybridized carbons (Fsp3) is 0.438. The molecular formula is C16H21N3O3. The number of ether oxygens (including phenoxy) is 1. The van der Waals surface area contributed by atoms with Crippen LogP contribution in [0.25, 0.3) is 11.0 Å². The molecule has 0 saturated carbocycles. The van der Waals surface area contributed by atoms with E-state index in [1.165, 1.54) is 0 Å². The van der Waals surface area contributed by atoms with Gasteiger partial charge in [-0.2, -0.15) is 0 Å². The molecule has 22 heavy (non-hydrogen) atoms. The second-order valence-electron chi connectivity index (χ2n) is 4.99. The zero-order chi connectivity index (χ0) is 16.1. The highest BCUT2D eigenvalue weighted by Crippen LogP contribution is 2.21. The number of imidazole rings is 1. The summed E-state index contributed by atoms with van der Waals surface area (Å²) in [6.45, 7) is 5.84. The molecule has 0 radical (unpaired) electrons. The first-order valence-corrected chi connectivity index (χ1v) is 7.47. The van der Waals surface area contributed by atoms with Gasteiger partial charge >= 0.3 is 5.97 Å². The molecule has 0 spiro atoms. The minimum absolute atomic E-state index is 0.0535. The maximum absolute atomic E-state index is 11.8. The first-order valence-electron chi connectivity index (χ1n) is 7.47. The molecule has 1 heterocycles. The van der Waals surface area contributed by atoms with Crippen molar-refractivity contribution in [1.82, 2.24) is 14.9 Å². The zero-order valence-corrected chi connectivity index (χ0v) is 13.1. The summed E-state index contributed by atoms with van der Waals surface area (Å²) >= 11 is 0. The van der Waals surface area contributed by atoms with Crippen LogP contribution in [0.3, 0.4) is 0 Å². The third-order valence-electron chi connectivity index (χ3n) is 3.36. The molecule has 1 N–H and O–H groups in total. The van der Waals surface area contributed by atoms with Gasteiger partial charge in [-0.25, -0.2) is 4.98 Å². The number of esters is 1. The van der Waals surface area contributed by atoms with E-state index >= 15 is 0 Å². The maximum Gasteiger partial charge on any atom is 0.326 e. The summed E-state index contributed by atoms with van der Waals surface area (Å²) in [7, 11) is 0. The predicted molar refractivity (Wildman–Crippen MR) is 83.2 cm³/mol. The molecule has 6 heteroatoms. The van der Waals surface area contributed by atoms with Gasteiger partial charge in [0.05, 0.1) is 23.7 Å². The summed E-state index contributed by atoms with van der Waals surface area (Å²) in [5, 5.41) is 2.88. The molecule has 0 fully saturated rings. The average molecular weight is 303 g/mol. The van der Waals surface area contributed by atoms with Gasteiger partial charge in [-0.15, -0.1) is 0 Å². The van der Waals surface area contributed by atoms with E-state index in [4.69, 9.17) is 4.74 Å². The second-order valence-corrected chi connectivity index (χ2v) is 4.99. The number of aromatic nitrogens is 2. The number of carbonyl (C=O) groups is 2. The van der Waals surface area contributed by atoms with Crippen LogP contribution in [0, 0.1) is 0 Å². The summed E-state index contributed by atoms with van der Waals surface area (Å²) in [5.41, 5.74) is 1.64. The van der Waals surface area contributed by atoms with Crippen LogP contribution in [0.15, 0.2) is 24.3 Å². The van der Waals surface area contributed by atoms with Crippen molar-refractivity contribution in [2.45, 2.75) is 39.8 Å². The molecule has 0 bridgehead atoms. The Labute approximate surface area is 129 Å². The van der Waals surface area contributed by atoms with E-state index in [0.29, 0.717) is 18.9 Å². The van der Waals surface area contributed by atoms with Crippen molar-refractivity contribution in [3.05, 3.63) is 30.1 Å². The van der Waals surface area contributed by atoms with Crippen molar-refractivity contribution in [1.29, 1.82) is 0 Å². The lowest BCUT2D eigenvalue weighted by atomic mass is 10.3. The Morgan fingerprint density at radius 2 is 2.05 bits per heavy atom. The molecule has 0 saturated heterocycles. The number of rotatable bonds is 6. The standard InChI is InChI=1S/C16H21N3O3/c1-4-14(20)17-11(3)16-18-12-8-6-7-9-13(12)19(16)10-15(21)22-5-2/h6-9,11H,4-5,10H2,1-3H3,(H,17,20). The Hall–Kier alpha value is -2.37. The third kappa shape index (κ3) is 3.44. The fourth-order valence-electron chi connectivity index (χ4n) is 2.33. The van der Waals surface area contributed by atoms with E-state index in [2.05, 4.69) is 10.3 Å². The van der Waals surface area contributed by atoms with E-state index < -0.39 is 0 Å². The molecule has 2 aromatic rings. The van der Waals surface area contributed by atoms with Gasteiger partial charge in [-0.3, -0.25) is 9.59 Å². The molecular weight excluding hydrogens is 282 g/mol. The minimum Gasteiger partial charge on any atom is -0.465 e. The molecule has 1 unspecified atom stereocenters. The van der Waals surface area contributed by atoms with Crippen molar-refractivity contribution in [2.24, 2.45) is 0 Å². The largest absolute Gasteiger partial charge is 0.465 e. The van der Waals surface area contributed by atoms with Gasteiger partial charge in [0, 0.05) is 6.42 Å². The quantitative estimate of drug-likeness (QED) is 0.830. The van der Waals surface area contributed by atoms with Crippen LogP contribution in [0.5, 0.6) is 0 Å². The maximum atomic E-state index is 11.8. The molecule has 1 atom stereocenters. The number of amides is 1. The first-order chi connectivity index (χ1) is 10.6. The Morgan fingerprint density at radius 1 is 1.32 bits per heavy atom. The van der Waals surface area contributed by atoms with Gasteiger partial charge in [0.1, 0.15) is 12.4 Å². The van der Waals surface area contributed by atoms with Gasteiger partial charge in [0.25, 0.3) is 0 Å². The molecule has 118 valence electrons. The number of carbonyl (C=O) groups excluding carboxylic acids is 2. The number of hydrogen-bond donors (Lipinski definition) is 1. The van der Waals surface area contributed by atoms with Gasteiger partial charge < -0.3 is 14.6 Å². The van der Waals surface area contributed by atoms with Crippen LogP contribution in [-0.4, -0.2) is 28.0 Å². The average Bonchev–Trinajstić information content (AvgIpc) is 2.86. The van der Waals surface area contributed by atoms with Crippen LogP contribution in [-0.2, 0) is 20.9 Å². The van der Waals surface area contributed by atoms with Gasteiger partial charge in [-0.1, -0.05) is 19.1 Å². The van der Waals surface area contributed by atoms with E-state index in [1.807, 2.05) is 31.2 Å². The van der Waals surface area contributed by atoms with E-state index in [-0.39, 0.29) is 24.5 Å². The summed E-state index contributed by atoms with van der Waals surface area (Å²) in [6.07, 6.45) is 0.405. The molecule has 0 aliphatic rings. The molecule has 1 aromatic carbocycles. The Kier molecular flexibility index (Phi) is 5.14. The van der Waals surface area contributed by atoms with Gasteiger partial charge in [0.15, 0.2) is 0 Å². The lowest BCUT2D eigenvalue weighted by Gasteiger charge is -2.15. The zero-order valence-electron chi connectivity index (χ0n) is 13.1. The van der Waals surface area contributed by atoms with Crippen molar-refractivity contribution < 1.29 is 14.3 Å². The molecule has 6 nitrogen and oxygen atoms in total. The summed E-state index contributed by atoms with van der Waals surface area (Å²) < 4.78 is 6.83. The smallest absolute Gasteiger partial charge is 0.326 e. The summed E-state index contributed by atoms with van der Waals surface area (Å²) in [4.78, 5) is 28.0. The topological polar surface area (TPSA) is 73.2 Å². The highest BCUT2D eigenvalue weighted by atomic mass is 16.5. The third-order valence-corrected chi connectivity index (χ3v) is 3.36. The predicted octanol–water partition coefficient (Wildman–Crippen LogP) is 2.19. The number of benzene rings is 1. The van der Waals surface area contributed by atoms with Gasteiger partial charge in [0.2, 0.25) is 5.91 Å². The van der Waals surface area contributed by atoms with Crippen molar-refractivity contribution in [3.8, 4) is 0 Å². The lowest BCUT2D eigenvalue weighted by molar-refractivity contribution is -0.143. The Bertz CT molecular complexity index is 678. The molecule has 1 amide bonds. The van der Waals surface area contributed by atoms with E-state index in [1.54, 1.807) is 18.4 Å². The Morgan fingerprint density at radius 3 is 2.73 bits per heavy atom. The van der Waals surface area contributed by atoms with Crippen LogP contribution in [0.2, 0.25) is 0 Å². The van der Waals surface area contributed by atoms with E-state index in [9.17, 15) is 9.59 Å². The molecule has 0 aliphatic carbocycles. The summed E-state index contributed by atoms with van der Waals surface area (Å²) in [6, 6.07) is 7.29. The highest BCUT2D eigenvalue weighted by molar-refractivity contribution is 5.80. The monoisotopic (exact) mass is 303 g/mol. The van der Waals surface area contributed by atoms with Crippen LogP contribution in [0.1, 0.15) is 39.1 Å². The highest BCUT2D eigenvalue weighted by Gasteiger charge is 2.19. The summed E-state index contributed by atoms with van der Waals surface area (Å²) in [5.74, 6) is 0.277. The number of para-hydroxylation sites is 2. The normalized spacial score (nSPS) is 12.1. The van der Waals surface area contributed by atoms with E-state index in [0.717, 1.165) is 11.0 Å². The van der Waals surface area contributed by atoms with Crippen LogP contribution in [0.4, 0.5) is 0 Å². The fourth-order valence-corrected chi connectivity index (χ4v) is 2.33. The number of hydrogen-bond acceptors (Lipinski definition) is 4. The van der Waals surface area contributed by atoms with Crippen molar-refractivity contribution in [3.63, 3.8) is 0 Å². The van der Waals surface area contributed by atoms with Crippen LogP contribution >= 0.6 is 0 Å².